The highest BCUT2D eigenvalue weighted by Crippen LogP contribution is 2.31. The molecule has 5 nitrogen and oxygen atoms in total. The van der Waals surface area contributed by atoms with Crippen LogP contribution in [0.5, 0.6) is 0 Å². The Morgan fingerprint density at radius 2 is 2.08 bits per heavy atom. The molecule has 0 saturated carbocycles. The van der Waals surface area contributed by atoms with Gasteiger partial charge in [0.2, 0.25) is 0 Å². The van der Waals surface area contributed by atoms with E-state index in [1.165, 1.54) is 16.6 Å². The highest BCUT2D eigenvalue weighted by atomic mass is 16.3. The zero-order valence-corrected chi connectivity index (χ0v) is 14.8. The van der Waals surface area contributed by atoms with Crippen molar-refractivity contribution in [3.63, 3.8) is 0 Å². The van der Waals surface area contributed by atoms with E-state index in [-0.39, 0.29) is 12.1 Å². The summed E-state index contributed by atoms with van der Waals surface area (Å²) in [5, 5.41) is 4.49. The van der Waals surface area contributed by atoms with Crippen molar-refractivity contribution in [2.45, 2.75) is 44.8 Å². The van der Waals surface area contributed by atoms with Gasteiger partial charge in [-0.2, -0.15) is 0 Å². The lowest BCUT2D eigenvalue weighted by Crippen LogP contribution is -2.42. The molecule has 1 aromatic carbocycles. The number of aromatic nitrogens is 1. The summed E-state index contributed by atoms with van der Waals surface area (Å²) in [6.45, 7) is 2.40. The Labute approximate surface area is 152 Å². The third-order valence-corrected chi connectivity index (χ3v) is 5.70. The summed E-state index contributed by atoms with van der Waals surface area (Å²) in [6.07, 6.45) is 5.71. The van der Waals surface area contributed by atoms with Crippen molar-refractivity contribution in [3.05, 3.63) is 59.7 Å². The molecule has 1 unspecified atom stereocenters. The Morgan fingerprint density at radius 3 is 3.04 bits per heavy atom. The largest absolute Gasteiger partial charge is 0.469 e. The van der Waals surface area contributed by atoms with Crippen molar-refractivity contribution >= 4 is 16.9 Å². The van der Waals surface area contributed by atoms with E-state index in [0.29, 0.717) is 6.54 Å². The molecule has 2 aliphatic rings. The Balaban J connectivity index is 1.37. The summed E-state index contributed by atoms with van der Waals surface area (Å²) in [5.41, 5.74) is 3.63. The molecule has 3 heterocycles. The van der Waals surface area contributed by atoms with Crippen LogP contribution in [0.15, 0.2) is 47.1 Å². The van der Waals surface area contributed by atoms with Crippen LogP contribution < -0.4 is 5.32 Å². The van der Waals surface area contributed by atoms with Crippen molar-refractivity contribution in [1.29, 1.82) is 0 Å². The molecule has 0 saturated heterocycles. The summed E-state index contributed by atoms with van der Waals surface area (Å²) < 4.78 is 7.90. The predicted molar refractivity (Wildman–Crippen MR) is 99.9 cm³/mol. The molecule has 2 aromatic heterocycles. The smallest absolute Gasteiger partial charge is 0.318 e. The van der Waals surface area contributed by atoms with E-state index in [1.807, 2.05) is 11.0 Å². The SMILES string of the molecule is O=C(NC1CCCc2occc21)N1CCCn2c(cc3ccccc32)C1. The Hall–Kier alpha value is -2.69. The van der Waals surface area contributed by atoms with Crippen molar-refractivity contribution < 1.29 is 9.21 Å². The van der Waals surface area contributed by atoms with Gasteiger partial charge >= 0.3 is 6.03 Å². The van der Waals surface area contributed by atoms with Gasteiger partial charge in [0.1, 0.15) is 5.76 Å². The molecule has 5 heteroatoms. The van der Waals surface area contributed by atoms with Gasteiger partial charge in [-0.1, -0.05) is 18.2 Å². The maximum Gasteiger partial charge on any atom is 0.318 e. The monoisotopic (exact) mass is 349 g/mol. The number of aryl methyl sites for hydroxylation is 2. The molecule has 5 rings (SSSR count). The Kier molecular flexibility index (Phi) is 3.73. The van der Waals surface area contributed by atoms with E-state index in [1.54, 1.807) is 6.26 Å². The van der Waals surface area contributed by atoms with Gasteiger partial charge in [0, 0.05) is 36.3 Å². The lowest BCUT2D eigenvalue weighted by Gasteiger charge is -2.27. The number of para-hydroxylation sites is 1. The number of carbonyl (C=O) groups is 1. The number of carbonyl (C=O) groups excluding carboxylic acids is 1. The molecule has 1 N–H and O–H groups in total. The van der Waals surface area contributed by atoms with E-state index in [9.17, 15) is 4.79 Å². The third-order valence-electron chi connectivity index (χ3n) is 5.70. The molecule has 134 valence electrons. The molecule has 1 aliphatic heterocycles. The van der Waals surface area contributed by atoms with E-state index < -0.39 is 0 Å². The molecule has 0 bridgehead atoms. The van der Waals surface area contributed by atoms with Crippen LogP contribution in [-0.2, 0) is 19.5 Å². The number of nitrogens with one attached hydrogen (secondary N) is 1. The quantitative estimate of drug-likeness (QED) is 0.715. The van der Waals surface area contributed by atoms with Crippen LogP contribution in [0, 0.1) is 0 Å². The molecular formula is C21H23N3O2. The molecule has 0 fully saturated rings. The predicted octanol–water partition coefficient (Wildman–Crippen LogP) is 4.23. The van der Waals surface area contributed by atoms with Crippen LogP contribution in [0.2, 0.25) is 0 Å². The zero-order chi connectivity index (χ0) is 17.5. The highest BCUT2D eigenvalue weighted by molar-refractivity contribution is 5.82. The molecule has 26 heavy (non-hydrogen) atoms. The first-order chi connectivity index (χ1) is 12.8. The van der Waals surface area contributed by atoms with E-state index in [2.05, 4.69) is 40.2 Å². The van der Waals surface area contributed by atoms with Crippen LogP contribution in [0.4, 0.5) is 4.79 Å². The average molecular weight is 349 g/mol. The van der Waals surface area contributed by atoms with Crippen LogP contribution in [0.3, 0.4) is 0 Å². The van der Waals surface area contributed by atoms with Gasteiger partial charge in [0.05, 0.1) is 18.8 Å². The van der Waals surface area contributed by atoms with Gasteiger partial charge in [-0.3, -0.25) is 0 Å². The van der Waals surface area contributed by atoms with Crippen molar-refractivity contribution in [2.75, 3.05) is 6.54 Å². The average Bonchev–Trinajstić information content (AvgIpc) is 3.21. The summed E-state index contributed by atoms with van der Waals surface area (Å²) >= 11 is 0. The molecule has 1 atom stereocenters. The fourth-order valence-electron chi connectivity index (χ4n) is 4.41. The minimum absolute atomic E-state index is 0.0303. The molecule has 2 amide bonds. The number of nitrogens with zero attached hydrogens (tertiary/aromatic N) is 2. The maximum absolute atomic E-state index is 13.0. The lowest BCUT2D eigenvalue weighted by molar-refractivity contribution is 0.190. The zero-order valence-electron chi connectivity index (χ0n) is 14.8. The third kappa shape index (κ3) is 2.59. The number of rotatable bonds is 1. The normalized spacial score (nSPS) is 19.7. The van der Waals surface area contributed by atoms with Gasteiger partial charge < -0.3 is 19.2 Å². The molecule has 3 aromatic rings. The van der Waals surface area contributed by atoms with Crippen LogP contribution >= 0.6 is 0 Å². The van der Waals surface area contributed by atoms with Gasteiger partial charge in [-0.15, -0.1) is 0 Å². The summed E-state index contributed by atoms with van der Waals surface area (Å²) in [7, 11) is 0. The lowest BCUT2D eigenvalue weighted by atomic mass is 9.93. The fraction of sp³-hybridized carbons (Fsp3) is 0.381. The second kappa shape index (κ2) is 6.24. The summed E-state index contributed by atoms with van der Waals surface area (Å²) in [6, 6.07) is 12.8. The first kappa shape index (κ1) is 15.6. The standard InChI is InChI=1S/C21H23N3O2/c25-21(22-18-6-3-8-20-17(18)9-12-26-20)23-10-4-11-24-16(14-23)13-15-5-1-2-7-19(15)24/h1-2,5,7,9,12-13,18H,3-4,6,8,10-11,14H2,(H,22,25). The number of furan rings is 1. The minimum atomic E-state index is 0.0303. The van der Waals surface area contributed by atoms with Crippen molar-refractivity contribution in [1.82, 2.24) is 14.8 Å². The number of hydrogen-bond acceptors (Lipinski definition) is 2. The molecular weight excluding hydrogens is 326 g/mol. The molecule has 0 spiro atoms. The topological polar surface area (TPSA) is 50.4 Å². The van der Waals surface area contributed by atoms with E-state index in [0.717, 1.165) is 50.1 Å². The molecule has 0 radical (unpaired) electrons. The minimum Gasteiger partial charge on any atom is -0.469 e. The van der Waals surface area contributed by atoms with Gasteiger partial charge in [0.25, 0.3) is 0 Å². The summed E-state index contributed by atoms with van der Waals surface area (Å²) in [5.74, 6) is 1.03. The second-order valence-corrected chi connectivity index (χ2v) is 7.31. The number of amides is 2. The molecule has 1 aliphatic carbocycles. The van der Waals surface area contributed by atoms with Gasteiger partial charge in [-0.25, -0.2) is 4.79 Å². The number of hydrogen-bond donors (Lipinski definition) is 1. The first-order valence-corrected chi connectivity index (χ1v) is 9.48. The van der Waals surface area contributed by atoms with Gasteiger partial charge in [-0.05, 0) is 42.8 Å². The fourth-order valence-corrected chi connectivity index (χ4v) is 4.41. The maximum atomic E-state index is 13.0. The number of urea groups is 1. The van der Waals surface area contributed by atoms with Crippen LogP contribution in [0.25, 0.3) is 10.9 Å². The van der Waals surface area contributed by atoms with Crippen molar-refractivity contribution in [3.8, 4) is 0 Å². The second-order valence-electron chi connectivity index (χ2n) is 7.31. The first-order valence-electron chi connectivity index (χ1n) is 9.48. The van der Waals surface area contributed by atoms with Crippen molar-refractivity contribution in [2.24, 2.45) is 0 Å². The highest BCUT2D eigenvalue weighted by Gasteiger charge is 2.27. The van der Waals surface area contributed by atoms with E-state index in [4.69, 9.17) is 4.42 Å². The Morgan fingerprint density at radius 1 is 1.15 bits per heavy atom. The number of benzene rings is 1. The van der Waals surface area contributed by atoms with Crippen LogP contribution in [-0.4, -0.2) is 22.0 Å². The van der Waals surface area contributed by atoms with Gasteiger partial charge in [0.15, 0.2) is 0 Å². The van der Waals surface area contributed by atoms with Crippen LogP contribution in [0.1, 0.15) is 42.3 Å². The van der Waals surface area contributed by atoms with E-state index >= 15 is 0 Å². The summed E-state index contributed by atoms with van der Waals surface area (Å²) in [4.78, 5) is 14.9. The Bertz CT molecular complexity index is 955. The number of fused-ring (bicyclic) bond motifs is 4.